The SMILES string of the molecule is CN(C[C@H]1CCCN(CCO)C1)C(=O)c1cncnc1. The molecule has 1 atom stereocenters. The zero-order chi connectivity index (χ0) is 14.4. The van der Waals surface area contributed by atoms with E-state index in [1.165, 1.54) is 6.33 Å². The van der Waals surface area contributed by atoms with Crippen LogP contribution in [0, 0.1) is 5.92 Å². The number of nitrogens with zero attached hydrogens (tertiary/aromatic N) is 4. The highest BCUT2D eigenvalue weighted by atomic mass is 16.3. The fraction of sp³-hybridized carbons (Fsp3) is 0.643. The highest BCUT2D eigenvalue weighted by Crippen LogP contribution is 2.17. The molecule has 0 unspecified atom stereocenters. The highest BCUT2D eigenvalue weighted by molar-refractivity contribution is 5.93. The van der Waals surface area contributed by atoms with Crippen molar-refractivity contribution in [2.45, 2.75) is 12.8 Å². The predicted octanol–water partition coefficient (Wildman–Crippen LogP) is 0.253. The van der Waals surface area contributed by atoms with E-state index in [0.717, 1.165) is 39.0 Å². The van der Waals surface area contributed by atoms with E-state index >= 15 is 0 Å². The molecule has 2 heterocycles. The molecular weight excluding hydrogens is 256 g/mol. The van der Waals surface area contributed by atoms with E-state index in [2.05, 4.69) is 14.9 Å². The fourth-order valence-corrected chi connectivity index (χ4v) is 2.74. The van der Waals surface area contributed by atoms with Crippen molar-refractivity contribution < 1.29 is 9.90 Å². The molecule has 20 heavy (non-hydrogen) atoms. The van der Waals surface area contributed by atoms with Gasteiger partial charge in [0.05, 0.1) is 12.2 Å². The molecule has 1 aromatic heterocycles. The van der Waals surface area contributed by atoms with Crippen molar-refractivity contribution in [3.05, 3.63) is 24.3 Å². The van der Waals surface area contributed by atoms with Crippen LogP contribution in [0.1, 0.15) is 23.2 Å². The second-order valence-electron chi connectivity index (χ2n) is 5.35. The van der Waals surface area contributed by atoms with Crippen molar-refractivity contribution in [3.63, 3.8) is 0 Å². The number of amides is 1. The maximum absolute atomic E-state index is 12.2. The third kappa shape index (κ3) is 3.98. The lowest BCUT2D eigenvalue weighted by Gasteiger charge is -2.34. The van der Waals surface area contributed by atoms with Crippen LogP contribution in [0.4, 0.5) is 0 Å². The summed E-state index contributed by atoms with van der Waals surface area (Å²) in [4.78, 5) is 24.0. The maximum atomic E-state index is 12.2. The van der Waals surface area contributed by atoms with Gasteiger partial charge in [0.15, 0.2) is 0 Å². The largest absolute Gasteiger partial charge is 0.395 e. The molecule has 1 amide bonds. The van der Waals surface area contributed by atoms with Crippen LogP contribution in [-0.4, -0.2) is 70.6 Å². The first-order valence-corrected chi connectivity index (χ1v) is 7.04. The normalized spacial score (nSPS) is 19.8. The summed E-state index contributed by atoms with van der Waals surface area (Å²) in [7, 11) is 1.82. The number of rotatable bonds is 5. The number of β-amino-alcohol motifs (C(OH)–C–C–N with tert-alkyl or cyclic N) is 1. The molecule has 1 saturated heterocycles. The van der Waals surface area contributed by atoms with E-state index in [1.54, 1.807) is 17.3 Å². The molecule has 6 heteroatoms. The third-order valence-electron chi connectivity index (χ3n) is 3.71. The van der Waals surface area contributed by atoms with E-state index in [9.17, 15) is 4.79 Å². The number of aliphatic hydroxyl groups excluding tert-OH is 1. The lowest BCUT2D eigenvalue weighted by molar-refractivity contribution is 0.0715. The van der Waals surface area contributed by atoms with Crippen LogP contribution >= 0.6 is 0 Å². The number of hydrogen-bond donors (Lipinski definition) is 1. The van der Waals surface area contributed by atoms with Gasteiger partial charge < -0.3 is 14.9 Å². The Kier molecular flexibility index (Phi) is 5.43. The molecule has 1 aliphatic heterocycles. The number of carbonyl (C=O) groups is 1. The van der Waals surface area contributed by atoms with Crippen molar-refractivity contribution in [3.8, 4) is 0 Å². The molecule has 6 nitrogen and oxygen atoms in total. The molecular formula is C14H22N4O2. The first-order chi connectivity index (χ1) is 9.70. The van der Waals surface area contributed by atoms with E-state index < -0.39 is 0 Å². The Balaban J connectivity index is 1.87. The molecule has 0 spiro atoms. The van der Waals surface area contributed by atoms with Crippen molar-refractivity contribution in [2.24, 2.45) is 5.92 Å². The van der Waals surface area contributed by atoms with Crippen molar-refractivity contribution in [1.82, 2.24) is 19.8 Å². The number of likely N-dealkylation sites (tertiary alicyclic amines) is 1. The molecule has 0 aromatic carbocycles. The second-order valence-corrected chi connectivity index (χ2v) is 5.35. The minimum Gasteiger partial charge on any atom is -0.395 e. The summed E-state index contributed by atoms with van der Waals surface area (Å²) >= 11 is 0. The molecule has 1 aromatic rings. The summed E-state index contributed by atoms with van der Waals surface area (Å²) in [5.41, 5.74) is 0.526. The van der Waals surface area contributed by atoms with Crippen LogP contribution in [0.25, 0.3) is 0 Å². The Morgan fingerprint density at radius 2 is 2.25 bits per heavy atom. The lowest BCUT2D eigenvalue weighted by atomic mass is 9.97. The summed E-state index contributed by atoms with van der Waals surface area (Å²) in [5.74, 6) is 0.429. The van der Waals surface area contributed by atoms with Crippen molar-refractivity contribution >= 4 is 5.91 Å². The Morgan fingerprint density at radius 1 is 1.50 bits per heavy atom. The van der Waals surface area contributed by atoms with Crippen molar-refractivity contribution in [2.75, 3.05) is 39.8 Å². The smallest absolute Gasteiger partial charge is 0.256 e. The summed E-state index contributed by atoms with van der Waals surface area (Å²) in [6.45, 7) is 3.64. The quantitative estimate of drug-likeness (QED) is 0.836. The van der Waals surface area contributed by atoms with Gasteiger partial charge in [0.2, 0.25) is 0 Å². The zero-order valence-electron chi connectivity index (χ0n) is 11.9. The fourth-order valence-electron chi connectivity index (χ4n) is 2.74. The number of piperidine rings is 1. The number of aromatic nitrogens is 2. The van der Waals surface area contributed by atoms with Crippen LogP contribution in [0.5, 0.6) is 0 Å². The second kappa shape index (κ2) is 7.31. The molecule has 2 rings (SSSR count). The Hall–Kier alpha value is -1.53. The minimum atomic E-state index is -0.0371. The zero-order valence-corrected chi connectivity index (χ0v) is 11.9. The Labute approximate surface area is 119 Å². The Bertz CT molecular complexity index is 424. The van der Waals surface area contributed by atoms with Gasteiger partial charge in [0.25, 0.3) is 5.91 Å². The topological polar surface area (TPSA) is 69.6 Å². The molecule has 0 radical (unpaired) electrons. The predicted molar refractivity (Wildman–Crippen MR) is 75.2 cm³/mol. The minimum absolute atomic E-state index is 0.0371. The average molecular weight is 278 g/mol. The first-order valence-electron chi connectivity index (χ1n) is 7.04. The number of hydrogen-bond acceptors (Lipinski definition) is 5. The number of aliphatic hydroxyl groups is 1. The van der Waals surface area contributed by atoms with Gasteiger partial charge in [-0.1, -0.05) is 0 Å². The lowest BCUT2D eigenvalue weighted by Crippen LogP contribution is -2.42. The molecule has 1 fully saturated rings. The molecule has 1 aliphatic rings. The summed E-state index contributed by atoms with van der Waals surface area (Å²) in [6.07, 6.45) is 6.77. The van der Waals surface area contributed by atoms with Crippen LogP contribution < -0.4 is 0 Å². The van der Waals surface area contributed by atoms with E-state index in [4.69, 9.17) is 5.11 Å². The van der Waals surface area contributed by atoms with Gasteiger partial charge in [-0.15, -0.1) is 0 Å². The number of carbonyl (C=O) groups excluding carboxylic acids is 1. The summed E-state index contributed by atoms with van der Waals surface area (Å²) in [6, 6.07) is 0. The Morgan fingerprint density at radius 3 is 2.95 bits per heavy atom. The standard InChI is InChI=1S/C14H22N4O2/c1-17(14(20)13-7-15-11-16-8-13)9-12-3-2-4-18(10-12)5-6-19/h7-8,11-12,19H,2-6,9-10H2,1H3/t12-/m1/s1. The summed E-state index contributed by atoms with van der Waals surface area (Å²) in [5, 5.41) is 9.00. The van der Waals surface area contributed by atoms with Crippen LogP contribution in [0.3, 0.4) is 0 Å². The van der Waals surface area contributed by atoms with Gasteiger partial charge in [-0.3, -0.25) is 4.79 Å². The molecule has 110 valence electrons. The van der Waals surface area contributed by atoms with E-state index in [-0.39, 0.29) is 12.5 Å². The van der Waals surface area contributed by atoms with Gasteiger partial charge in [-0.25, -0.2) is 9.97 Å². The summed E-state index contributed by atoms with van der Waals surface area (Å²) < 4.78 is 0. The molecule has 0 bridgehead atoms. The van der Waals surface area contributed by atoms with Gasteiger partial charge in [-0.2, -0.15) is 0 Å². The average Bonchev–Trinajstić information content (AvgIpc) is 2.48. The van der Waals surface area contributed by atoms with E-state index in [0.29, 0.717) is 11.5 Å². The van der Waals surface area contributed by atoms with Crippen molar-refractivity contribution in [1.29, 1.82) is 0 Å². The highest BCUT2D eigenvalue weighted by Gasteiger charge is 2.22. The third-order valence-corrected chi connectivity index (χ3v) is 3.71. The molecule has 0 saturated carbocycles. The van der Waals surface area contributed by atoms with Gasteiger partial charge >= 0.3 is 0 Å². The van der Waals surface area contributed by atoms with Gasteiger partial charge in [0.1, 0.15) is 6.33 Å². The van der Waals surface area contributed by atoms with Crippen LogP contribution in [0.15, 0.2) is 18.7 Å². The maximum Gasteiger partial charge on any atom is 0.256 e. The van der Waals surface area contributed by atoms with Gasteiger partial charge in [-0.05, 0) is 25.3 Å². The molecule has 0 aliphatic carbocycles. The van der Waals surface area contributed by atoms with E-state index in [1.807, 2.05) is 7.05 Å². The molecule has 1 N–H and O–H groups in total. The first kappa shape index (κ1) is 14.9. The monoisotopic (exact) mass is 278 g/mol. The van der Waals surface area contributed by atoms with Crippen LogP contribution in [0.2, 0.25) is 0 Å². The van der Waals surface area contributed by atoms with Gasteiger partial charge in [0, 0.05) is 39.1 Å². The van der Waals surface area contributed by atoms with Crippen LogP contribution in [-0.2, 0) is 0 Å².